The molecule has 3 rings (SSSR count). The van der Waals surface area contributed by atoms with Crippen LogP contribution in [0.5, 0.6) is 0 Å². The lowest BCUT2D eigenvalue weighted by Crippen LogP contribution is -2.41. The van der Waals surface area contributed by atoms with E-state index < -0.39 is 58.4 Å². The Morgan fingerprint density at radius 1 is 0.969 bits per heavy atom. The summed E-state index contributed by atoms with van der Waals surface area (Å²) in [5.41, 5.74) is -3.61. The zero-order chi connectivity index (χ0) is 24.1. The van der Waals surface area contributed by atoms with Crippen LogP contribution in [0.1, 0.15) is 33.3 Å². The van der Waals surface area contributed by atoms with Crippen LogP contribution in [0.3, 0.4) is 0 Å². The number of nitrogens with one attached hydrogen (secondary N) is 2. The minimum atomic E-state index is -4.74. The average Bonchev–Trinajstić information content (AvgIpc) is 2.86. The van der Waals surface area contributed by atoms with Gasteiger partial charge in [-0.2, -0.15) is 13.2 Å². The second kappa shape index (κ2) is 8.20. The number of carbonyl (C=O) groups is 1. The molecule has 1 fully saturated rings. The lowest BCUT2D eigenvalue weighted by Gasteiger charge is -2.32. The topological polar surface area (TPSA) is 59.6 Å². The molecule has 0 unspecified atom stereocenters. The molecule has 5 nitrogen and oxygen atoms in total. The quantitative estimate of drug-likeness (QED) is 0.449. The Bertz CT molecular complexity index is 1020. The molecule has 1 aliphatic heterocycles. The van der Waals surface area contributed by atoms with Crippen molar-refractivity contribution in [1.82, 2.24) is 0 Å². The Labute approximate surface area is 186 Å². The van der Waals surface area contributed by atoms with Crippen molar-refractivity contribution in [2.45, 2.75) is 45.1 Å². The maximum Gasteiger partial charge on any atom is 0.495 e. The van der Waals surface area contributed by atoms with Crippen LogP contribution >= 0.6 is 11.6 Å². The fourth-order valence-electron chi connectivity index (χ4n) is 2.92. The van der Waals surface area contributed by atoms with Crippen molar-refractivity contribution in [3.63, 3.8) is 0 Å². The molecule has 2 amide bonds. The van der Waals surface area contributed by atoms with Crippen molar-refractivity contribution in [3.8, 4) is 0 Å². The zero-order valence-electron chi connectivity index (χ0n) is 17.5. The minimum Gasteiger partial charge on any atom is -0.399 e. The number of alkyl halides is 3. The van der Waals surface area contributed by atoms with E-state index in [1.165, 1.54) is 0 Å². The Hall–Kier alpha value is -2.37. The zero-order valence-corrected chi connectivity index (χ0v) is 18.2. The van der Waals surface area contributed by atoms with Gasteiger partial charge in [-0.25, -0.2) is 13.6 Å². The van der Waals surface area contributed by atoms with Crippen LogP contribution < -0.4 is 16.1 Å². The van der Waals surface area contributed by atoms with E-state index in [0.29, 0.717) is 6.07 Å². The molecule has 2 aromatic rings. The molecule has 1 heterocycles. The third kappa shape index (κ3) is 4.84. The van der Waals surface area contributed by atoms with E-state index in [0.717, 1.165) is 24.3 Å². The van der Waals surface area contributed by atoms with E-state index in [4.69, 9.17) is 20.9 Å². The SMILES string of the molecule is CC1(C)OB(c2cc(F)c(NC(=O)Nc3ccc(Cl)c(C(F)(F)F)c3)c(F)c2)OC1(C)C. The highest BCUT2D eigenvalue weighted by molar-refractivity contribution is 6.62. The van der Waals surface area contributed by atoms with Gasteiger partial charge >= 0.3 is 19.3 Å². The first-order chi connectivity index (χ1) is 14.6. The highest BCUT2D eigenvalue weighted by atomic mass is 35.5. The van der Waals surface area contributed by atoms with Crippen molar-refractivity contribution in [1.29, 1.82) is 0 Å². The van der Waals surface area contributed by atoms with Crippen LogP contribution in [0.2, 0.25) is 5.02 Å². The third-order valence-corrected chi connectivity index (χ3v) is 5.69. The molecule has 1 aliphatic rings. The van der Waals surface area contributed by atoms with Crippen molar-refractivity contribution < 1.29 is 36.1 Å². The number of hydrogen-bond acceptors (Lipinski definition) is 3. The first kappa shape index (κ1) is 24.3. The summed E-state index contributed by atoms with van der Waals surface area (Å²) in [6.45, 7) is 7.11. The van der Waals surface area contributed by atoms with Crippen LogP contribution in [-0.2, 0) is 15.5 Å². The molecule has 0 atom stereocenters. The lowest BCUT2D eigenvalue weighted by atomic mass is 9.79. The van der Waals surface area contributed by atoms with Gasteiger partial charge in [0.15, 0.2) is 0 Å². The summed E-state index contributed by atoms with van der Waals surface area (Å²) >= 11 is 5.52. The number of halogens is 6. The maximum absolute atomic E-state index is 14.6. The van der Waals surface area contributed by atoms with Crippen molar-refractivity contribution in [3.05, 3.63) is 52.6 Å². The molecule has 172 valence electrons. The first-order valence-electron chi connectivity index (χ1n) is 9.40. The van der Waals surface area contributed by atoms with Crippen LogP contribution in [0.15, 0.2) is 30.3 Å². The number of amides is 2. The summed E-state index contributed by atoms with van der Waals surface area (Å²) in [7, 11) is -1.03. The van der Waals surface area contributed by atoms with Crippen LogP contribution in [0.25, 0.3) is 0 Å². The lowest BCUT2D eigenvalue weighted by molar-refractivity contribution is -0.137. The third-order valence-electron chi connectivity index (χ3n) is 5.36. The Morgan fingerprint density at radius 3 is 2.00 bits per heavy atom. The van der Waals surface area contributed by atoms with Crippen LogP contribution in [-0.4, -0.2) is 24.4 Å². The summed E-state index contributed by atoms with van der Waals surface area (Å²) in [5.74, 6) is -2.23. The number of anilines is 2. The number of urea groups is 1. The van der Waals surface area contributed by atoms with Gasteiger partial charge in [-0.3, -0.25) is 0 Å². The van der Waals surface area contributed by atoms with Gasteiger partial charge in [0.2, 0.25) is 0 Å². The van der Waals surface area contributed by atoms with E-state index in [1.54, 1.807) is 27.7 Å². The van der Waals surface area contributed by atoms with Gasteiger partial charge < -0.3 is 19.9 Å². The van der Waals surface area contributed by atoms with E-state index in [-0.39, 0.29) is 11.2 Å². The van der Waals surface area contributed by atoms with E-state index in [1.807, 2.05) is 5.32 Å². The molecule has 2 N–H and O–H groups in total. The average molecular weight is 477 g/mol. The smallest absolute Gasteiger partial charge is 0.399 e. The molecular formula is C20H19BClF5N2O3. The molecule has 32 heavy (non-hydrogen) atoms. The normalized spacial score (nSPS) is 17.4. The fourth-order valence-corrected chi connectivity index (χ4v) is 3.15. The Kier molecular flexibility index (Phi) is 6.22. The van der Waals surface area contributed by atoms with Crippen LogP contribution in [0, 0.1) is 11.6 Å². The Morgan fingerprint density at radius 2 is 1.50 bits per heavy atom. The molecular weight excluding hydrogens is 457 g/mol. The molecule has 0 radical (unpaired) electrons. The molecule has 12 heteroatoms. The summed E-state index contributed by atoms with van der Waals surface area (Å²) < 4.78 is 79.5. The van der Waals surface area contributed by atoms with E-state index >= 15 is 0 Å². The molecule has 0 aliphatic carbocycles. The summed E-state index contributed by atoms with van der Waals surface area (Å²) in [6.07, 6.45) is -4.74. The number of carbonyl (C=O) groups excluding carboxylic acids is 1. The van der Waals surface area contributed by atoms with Crippen molar-refractivity contribution in [2.75, 3.05) is 10.6 Å². The van der Waals surface area contributed by atoms with E-state index in [9.17, 15) is 26.7 Å². The second-order valence-corrected chi connectivity index (χ2v) is 8.63. The first-order valence-corrected chi connectivity index (χ1v) is 9.78. The molecule has 0 saturated carbocycles. The van der Waals surface area contributed by atoms with Gasteiger partial charge in [-0.1, -0.05) is 11.6 Å². The fraction of sp³-hybridized carbons (Fsp3) is 0.350. The molecule has 0 spiro atoms. The van der Waals surface area contributed by atoms with E-state index in [2.05, 4.69) is 5.32 Å². The minimum absolute atomic E-state index is 0.0668. The maximum atomic E-state index is 14.6. The van der Waals surface area contributed by atoms with Crippen molar-refractivity contribution >= 4 is 41.6 Å². The van der Waals surface area contributed by atoms with Crippen LogP contribution in [0.4, 0.5) is 38.1 Å². The monoisotopic (exact) mass is 476 g/mol. The number of hydrogen-bond donors (Lipinski definition) is 2. The van der Waals surface area contributed by atoms with Gasteiger partial charge in [-0.05, 0) is 63.5 Å². The predicted molar refractivity (Wildman–Crippen MR) is 111 cm³/mol. The summed E-state index contributed by atoms with van der Waals surface area (Å²) in [6, 6.07) is 3.42. The largest absolute Gasteiger partial charge is 0.495 e. The molecule has 2 aromatic carbocycles. The van der Waals surface area contributed by atoms with Crippen molar-refractivity contribution in [2.24, 2.45) is 0 Å². The summed E-state index contributed by atoms with van der Waals surface area (Å²) in [4.78, 5) is 12.1. The highest BCUT2D eigenvalue weighted by Gasteiger charge is 2.52. The Balaban J connectivity index is 1.77. The van der Waals surface area contributed by atoms with Gasteiger partial charge in [0.25, 0.3) is 0 Å². The molecule has 0 aromatic heterocycles. The van der Waals surface area contributed by atoms with Gasteiger partial charge in [-0.15, -0.1) is 0 Å². The molecule has 1 saturated heterocycles. The van der Waals surface area contributed by atoms with Gasteiger partial charge in [0.1, 0.15) is 17.3 Å². The predicted octanol–water partition coefficient (Wildman–Crippen LogP) is 5.58. The van der Waals surface area contributed by atoms with Gasteiger partial charge in [0, 0.05) is 5.69 Å². The standard InChI is InChI=1S/C20H19BClF5N2O3/c1-18(2)19(3,4)32-21(31-18)10-7-14(23)16(15(24)8-10)29-17(30)28-11-5-6-13(22)12(9-11)20(25,26)27/h5-9H,1-4H3,(H2,28,29,30). The van der Waals surface area contributed by atoms with Gasteiger partial charge in [0.05, 0.1) is 21.8 Å². The second-order valence-electron chi connectivity index (χ2n) is 8.22. The number of rotatable bonds is 3. The summed E-state index contributed by atoms with van der Waals surface area (Å²) in [5, 5.41) is 3.48. The number of benzene rings is 2. The molecule has 0 bridgehead atoms. The highest BCUT2D eigenvalue weighted by Crippen LogP contribution is 2.37.